The van der Waals surface area contributed by atoms with Crippen molar-refractivity contribution < 1.29 is 4.79 Å². The average Bonchev–Trinajstić information content (AvgIpc) is 2.91. The van der Waals surface area contributed by atoms with E-state index in [-0.39, 0.29) is 5.91 Å². The van der Waals surface area contributed by atoms with Crippen molar-refractivity contribution in [1.82, 2.24) is 10.7 Å². The van der Waals surface area contributed by atoms with Gasteiger partial charge in [-0.15, -0.1) is 0 Å². The molecule has 4 nitrogen and oxygen atoms in total. The highest BCUT2D eigenvalue weighted by Crippen LogP contribution is 2.26. The Morgan fingerprint density at radius 3 is 2.58 bits per heavy atom. The van der Waals surface area contributed by atoms with Gasteiger partial charge in [-0.1, -0.05) is 51.8 Å². The van der Waals surface area contributed by atoms with Gasteiger partial charge >= 0.3 is 0 Å². The quantitative estimate of drug-likeness (QED) is 0.568. The Hall–Kier alpha value is -1.76. The second kappa shape index (κ2) is 7.88. The van der Waals surface area contributed by atoms with E-state index in [1.165, 1.54) is 11.8 Å². The molecule has 2 aromatic rings. The fourth-order valence-electron chi connectivity index (χ4n) is 2.00. The lowest BCUT2D eigenvalue weighted by Crippen LogP contribution is -2.22. The van der Waals surface area contributed by atoms with Gasteiger partial charge in [-0.05, 0) is 53.2 Å². The normalized spacial score (nSPS) is 17.3. The molecule has 0 unspecified atom stereocenters. The fourth-order valence-corrected chi connectivity index (χ4v) is 3.19. The number of benzene rings is 2. The summed E-state index contributed by atoms with van der Waals surface area (Å²) in [6, 6.07) is 15.3. The Morgan fingerprint density at radius 1 is 1.17 bits per heavy atom. The lowest BCUT2D eigenvalue weighted by molar-refractivity contribution is -0.115. The molecule has 0 bridgehead atoms. The zero-order chi connectivity index (χ0) is 16.9. The monoisotopic (exact) mass is 421 g/mol. The third kappa shape index (κ3) is 4.63. The van der Waals surface area contributed by atoms with Crippen LogP contribution in [0, 0.1) is 0 Å². The first-order valence-electron chi connectivity index (χ1n) is 7.11. The summed E-state index contributed by atoms with van der Waals surface area (Å²) in [4.78, 5) is 12.6. The Kier molecular flexibility index (Phi) is 5.60. The highest BCUT2D eigenvalue weighted by molar-refractivity contribution is 9.10. The molecule has 1 saturated heterocycles. The summed E-state index contributed by atoms with van der Waals surface area (Å²) < 4.78 is 1.00. The van der Waals surface area contributed by atoms with Crippen LogP contribution in [0.1, 0.15) is 11.1 Å². The van der Waals surface area contributed by atoms with E-state index in [1.807, 2.05) is 54.6 Å². The van der Waals surface area contributed by atoms with E-state index in [9.17, 15) is 4.79 Å². The molecule has 122 valence electrons. The fraction of sp³-hybridized carbons (Fsp3) is 0.0588. The van der Waals surface area contributed by atoms with Crippen LogP contribution in [0.3, 0.4) is 0 Å². The lowest BCUT2D eigenvalue weighted by Gasteiger charge is -2.01. The maximum atomic E-state index is 12.0. The van der Waals surface area contributed by atoms with Gasteiger partial charge in [0.25, 0.3) is 5.91 Å². The minimum Gasteiger partial charge on any atom is -0.303 e. The van der Waals surface area contributed by atoms with Crippen LogP contribution in [0.25, 0.3) is 6.08 Å². The number of carbonyl (C=O) groups excluding carboxylic acids is 1. The van der Waals surface area contributed by atoms with E-state index >= 15 is 0 Å². The molecule has 1 aliphatic rings. The third-order valence-corrected chi connectivity index (χ3v) is 4.89. The number of carbonyl (C=O) groups is 1. The van der Waals surface area contributed by atoms with E-state index in [2.05, 4.69) is 31.8 Å². The van der Waals surface area contributed by atoms with Crippen molar-refractivity contribution in [2.75, 3.05) is 0 Å². The molecule has 0 saturated carbocycles. The Balaban J connectivity index is 1.61. The first-order valence-corrected chi connectivity index (χ1v) is 9.10. The summed E-state index contributed by atoms with van der Waals surface area (Å²) in [6.45, 7) is 0.558. The van der Waals surface area contributed by atoms with Crippen LogP contribution in [-0.4, -0.2) is 11.1 Å². The van der Waals surface area contributed by atoms with Gasteiger partial charge < -0.3 is 5.43 Å². The zero-order valence-electron chi connectivity index (χ0n) is 12.4. The molecule has 24 heavy (non-hydrogen) atoms. The maximum absolute atomic E-state index is 12.0. The molecule has 2 aromatic carbocycles. The molecular weight excluding hydrogens is 410 g/mol. The summed E-state index contributed by atoms with van der Waals surface area (Å²) in [5.41, 5.74) is 4.97. The van der Waals surface area contributed by atoms with Crippen molar-refractivity contribution in [3.05, 3.63) is 74.1 Å². The van der Waals surface area contributed by atoms with Crippen molar-refractivity contribution >= 4 is 56.4 Å². The number of halogens is 2. The minimum atomic E-state index is -0.144. The van der Waals surface area contributed by atoms with E-state index in [0.717, 1.165) is 15.6 Å². The van der Waals surface area contributed by atoms with E-state index in [0.29, 0.717) is 21.6 Å². The summed E-state index contributed by atoms with van der Waals surface area (Å²) in [7, 11) is 0. The Labute approximate surface area is 157 Å². The van der Waals surface area contributed by atoms with Crippen LogP contribution >= 0.6 is 39.3 Å². The number of rotatable bonds is 4. The largest absolute Gasteiger partial charge is 0.303 e. The molecular formula is C17H13BrClN3OS. The topological polar surface area (TPSA) is 53.5 Å². The number of thioether (sulfide) groups is 1. The molecule has 0 atom stereocenters. The lowest BCUT2D eigenvalue weighted by atomic mass is 10.2. The summed E-state index contributed by atoms with van der Waals surface area (Å²) in [5.74, 6) is -0.144. The van der Waals surface area contributed by atoms with Crippen LogP contribution < -0.4 is 10.7 Å². The second-order valence-electron chi connectivity index (χ2n) is 4.99. The SMILES string of the molecule is O=C1N/C(=N/NCc2ccc(Cl)cc2)S/C1=C\c1ccc(Br)cc1. The van der Waals surface area contributed by atoms with Crippen molar-refractivity contribution in [1.29, 1.82) is 0 Å². The van der Waals surface area contributed by atoms with Gasteiger partial charge in [0.1, 0.15) is 0 Å². The van der Waals surface area contributed by atoms with Crippen LogP contribution in [0.4, 0.5) is 0 Å². The minimum absolute atomic E-state index is 0.144. The number of hydrogen-bond donors (Lipinski definition) is 2. The predicted molar refractivity (Wildman–Crippen MR) is 104 cm³/mol. The molecule has 0 spiro atoms. The van der Waals surface area contributed by atoms with Crippen molar-refractivity contribution in [3.63, 3.8) is 0 Å². The number of hydrogen-bond acceptors (Lipinski definition) is 4. The molecule has 2 N–H and O–H groups in total. The van der Waals surface area contributed by atoms with Gasteiger partial charge in [0.05, 0.1) is 11.4 Å². The van der Waals surface area contributed by atoms with Crippen LogP contribution in [0.15, 0.2) is 63.0 Å². The van der Waals surface area contributed by atoms with Crippen LogP contribution in [0.2, 0.25) is 5.02 Å². The number of nitrogens with zero attached hydrogens (tertiary/aromatic N) is 1. The molecule has 0 aromatic heterocycles. The van der Waals surface area contributed by atoms with E-state index in [1.54, 1.807) is 0 Å². The molecule has 7 heteroatoms. The Bertz CT molecular complexity index is 804. The van der Waals surface area contributed by atoms with Gasteiger partial charge in [-0.2, -0.15) is 5.10 Å². The van der Waals surface area contributed by atoms with E-state index < -0.39 is 0 Å². The second-order valence-corrected chi connectivity index (χ2v) is 7.38. The van der Waals surface area contributed by atoms with E-state index in [4.69, 9.17) is 11.6 Å². The first kappa shape index (κ1) is 17.1. The van der Waals surface area contributed by atoms with Crippen LogP contribution in [0.5, 0.6) is 0 Å². The highest BCUT2D eigenvalue weighted by atomic mass is 79.9. The first-order chi connectivity index (χ1) is 11.6. The average molecular weight is 423 g/mol. The standard InChI is InChI=1S/C17H13BrClN3OS/c18-13-5-1-11(2-6-13)9-15-16(23)21-17(24-15)22-20-10-12-3-7-14(19)8-4-12/h1-9,20H,10H2,(H,21,22,23)/b15-9-. The molecule has 1 aliphatic heterocycles. The Morgan fingerprint density at radius 2 is 1.88 bits per heavy atom. The van der Waals surface area contributed by atoms with Crippen molar-refractivity contribution in [2.24, 2.45) is 5.10 Å². The summed E-state index contributed by atoms with van der Waals surface area (Å²) in [5, 5.41) is 8.20. The number of nitrogens with one attached hydrogen (secondary N) is 2. The van der Waals surface area contributed by atoms with Gasteiger partial charge in [0, 0.05) is 9.50 Å². The number of amidine groups is 1. The van der Waals surface area contributed by atoms with Gasteiger partial charge in [-0.3, -0.25) is 10.1 Å². The third-order valence-electron chi connectivity index (χ3n) is 3.20. The molecule has 3 rings (SSSR count). The molecule has 1 amide bonds. The molecule has 1 heterocycles. The molecule has 0 aliphatic carbocycles. The predicted octanol–water partition coefficient (Wildman–Crippen LogP) is 4.37. The summed E-state index contributed by atoms with van der Waals surface area (Å²) >= 11 is 10.6. The van der Waals surface area contributed by atoms with Gasteiger partial charge in [0.2, 0.25) is 0 Å². The smallest absolute Gasteiger partial charge is 0.264 e. The van der Waals surface area contributed by atoms with Crippen molar-refractivity contribution in [2.45, 2.75) is 6.54 Å². The highest BCUT2D eigenvalue weighted by Gasteiger charge is 2.23. The summed E-state index contributed by atoms with van der Waals surface area (Å²) in [6.07, 6.45) is 1.84. The van der Waals surface area contributed by atoms with Gasteiger partial charge in [0.15, 0.2) is 5.17 Å². The van der Waals surface area contributed by atoms with Crippen molar-refractivity contribution in [3.8, 4) is 0 Å². The molecule has 1 fully saturated rings. The number of hydrazone groups is 1. The maximum Gasteiger partial charge on any atom is 0.264 e. The zero-order valence-corrected chi connectivity index (χ0v) is 15.6. The molecule has 0 radical (unpaired) electrons. The van der Waals surface area contributed by atoms with Gasteiger partial charge in [-0.25, -0.2) is 0 Å². The number of amides is 1. The van der Waals surface area contributed by atoms with Crippen LogP contribution in [-0.2, 0) is 11.3 Å².